The number of aliphatic hydroxyl groups is 1. The Morgan fingerprint density at radius 2 is 1.93 bits per heavy atom. The van der Waals surface area contributed by atoms with Gasteiger partial charge in [-0.05, 0) is 24.1 Å². The highest BCUT2D eigenvalue weighted by atomic mass is 35.5. The maximum atomic E-state index is 14.6. The van der Waals surface area contributed by atoms with E-state index in [-0.39, 0.29) is 28.3 Å². The first kappa shape index (κ1) is 29.5. The van der Waals surface area contributed by atoms with Gasteiger partial charge >= 0.3 is 0 Å². The summed E-state index contributed by atoms with van der Waals surface area (Å²) in [6, 6.07) is 5.91. The molecule has 42 heavy (non-hydrogen) atoms. The number of anilines is 2. The van der Waals surface area contributed by atoms with Crippen LogP contribution < -0.4 is 16.0 Å². The van der Waals surface area contributed by atoms with Gasteiger partial charge in [0.25, 0.3) is 11.8 Å². The number of benzene rings is 2. The maximum Gasteiger partial charge on any atom is 0.265 e. The van der Waals surface area contributed by atoms with Gasteiger partial charge in [0.2, 0.25) is 12.2 Å². The van der Waals surface area contributed by atoms with Gasteiger partial charge in [0.15, 0.2) is 5.60 Å². The summed E-state index contributed by atoms with van der Waals surface area (Å²) in [6.45, 7) is 3.60. The maximum absolute atomic E-state index is 14.6. The van der Waals surface area contributed by atoms with Gasteiger partial charge < -0.3 is 35.1 Å². The van der Waals surface area contributed by atoms with Gasteiger partial charge in [-0.1, -0.05) is 43.1 Å². The van der Waals surface area contributed by atoms with E-state index in [0.29, 0.717) is 22.5 Å². The van der Waals surface area contributed by atoms with Crippen molar-refractivity contribution in [3.63, 3.8) is 0 Å². The predicted octanol–water partition coefficient (Wildman–Crippen LogP) is 5.01. The van der Waals surface area contributed by atoms with Gasteiger partial charge in [-0.25, -0.2) is 13.8 Å². The average molecular weight is 620 g/mol. The molecule has 10 nitrogen and oxygen atoms in total. The molecule has 0 saturated carbocycles. The zero-order valence-electron chi connectivity index (χ0n) is 22.7. The van der Waals surface area contributed by atoms with Gasteiger partial charge in [-0.3, -0.25) is 9.59 Å². The summed E-state index contributed by atoms with van der Waals surface area (Å²) in [7, 11) is 2.86. The van der Waals surface area contributed by atoms with E-state index < -0.39 is 52.0 Å². The molecular formula is C28H25Cl2F2N5O5. The number of carbonyl (C=O) groups is 2. The van der Waals surface area contributed by atoms with E-state index in [9.17, 15) is 23.5 Å². The molecule has 0 saturated heterocycles. The van der Waals surface area contributed by atoms with Gasteiger partial charge in [0.1, 0.15) is 17.3 Å². The summed E-state index contributed by atoms with van der Waals surface area (Å²) in [4.78, 5) is 31.7. The van der Waals surface area contributed by atoms with Crippen molar-refractivity contribution >= 4 is 58.3 Å². The minimum Gasteiger partial charge on any atom is -0.481 e. The molecule has 0 spiro atoms. The number of fused-ring (bicyclic) bond motifs is 1. The first-order valence-corrected chi connectivity index (χ1v) is 13.3. The van der Waals surface area contributed by atoms with E-state index in [1.165, 1.54) is 44.8 Å². The van der Waals surface area contributed by atoms with Crippen molar-refractivity contribution in [3.8, 4) is 0 Å². The number of hydrogen-bond acceptors (Lipinski definition) is 7. The monoisotopic (exact) mass is 619 g/mol. The normalized spacial score (nSPS) is 19.6. The third kappa shape index (κ3) is 4.79. The molecule has 2 amide bonds. The molecule has 2 unspecified atom stereocenters. The Hall–Kier alpha value is -3.97. The number of nitrogens with zero attached hydrogens (tertiary/aromatic N) is 2. The standard InChI is InChI=1S/C28H25Cl2F2N5O5/c1-12(2)23-22(28(40)15-6-5-13(29)7-19(15)35-26(28)39)14(24(38)34-20-8-16(30)17(31)9-18(20)32)11-37(23)21-10-33-27(42-4)36-25(21)41-3/h5-12,27,36,40H,1-4H3,(H,34,38)(H,35,39). The smallest absolute Gasteiger partial charge is 0.265 e. The molecule has 3 heterocycles. The van der Waals surface area contributed by atoms with Crippen molar-refractivity contribution < 1.29 is 33.0 Å². The SMILES string of the molecule is COC1=C(n2cc(C(=O)Nc3cc(Cl)c(F)cc3F)c(C3(O)C(=O)Nc4cc(Cl)ccc43)c2C(C)C)C=NC(OC)N1. The van der Waals surface area contributed by atoms with Crippen molar-refractivity contribution in [2.24, 2.45) is 4.99 Å². The second kappa shape index (κ2) is 11.0. The highest BCUT2D eigenvalue weighted by molar-refractivity contribution is 6.31. The molecule has 0 bridgehead atoms. The zero-order valence-corrected chi connectivity index (χ0v) is 24.2. The molecule has 220 valence electrons. The van der Waals surface area contributed by atoms with Crippen LogP contribution in [0.15, 0.2) is 47.4 Å². The molecule has 2 atom stereocenters. The molecular weight excluding hydrogens is 595 g/mol. The van der Waals surface area contributed by atoms with Crippen molar-refractivity contribution in [2.45, 2.75) is 31.7 Å². The predicted molar refractivity (Wildman–Crippen MR) is 154 cm³/mol. The molecule has 0 radical (unpaired) electrons. The van der Waals surface area contributed by atoms with Crippen LogP contribution in [0.2, 0.25) is 10.0 Å². The minimum absolute atomic E-state index is 0.0765. The van der Waals surface area contributed by atoms with Gasteiger partial charge in [0, 0.05) is 46.9 Å². The number of hydrogen-bond donors (Lipinski definition) is 4. The summed E-state index contributed by atoms with van der Waals surface area (Å²) in [5.41, 5.74) is -1.99. The lowest BCUT2D eigenvalue weighted by atomic mass is 9.82. The second-order valence-electron chi connectivity index (χ2n) is 9.81. The van der Waals surface area contributed by atoms with Crippen molar-refractivity contribution in [1.29, 1.82) is 0 Å². The van der Waals surface area contributed by atoms with E-state index >= 15 is 0 Å². The molecule has 5 rings (SSSR count). The van der Waals surface area contributed by atoms with E-state index in [4.69, 9.17) is 32.7 Å². The van der Waals surface area contributed by atoms with Crippen molar-refractivity contribution in [1.82, 2.24) is 9.88 Å². The summed E-state index contributed by atoms with van der Waals surface area (Å²) < 4.78 is 40.8. The molecule has 3 aromatic rings. The Bertz CT molecular complexity index is 1690. The molecule has 4 N–H and O–H groups in total. The largest absolute Gasteiger partial charge is 0.481 e. The van der Waals surface area contributed by atoms with E-state index in [1.54, 1.807) is 18.4 Å². The topological polar surface area (TPSA) is 126 Å². The van der Waals surface area contributed by atoms with Gasteiger partial charge in [-0.2, -0.15) is 0 Å². The Morgan fingerprint density at radius 3 is 2.60 bits per heavy atom. The Labute approximate surface area is 248 Å². The van der Waals surface area contributed by atoms with Crippen LogP contribution in [0.3, 0.4) is 0 Å². The molecule has 14 heteroatoms. The quantitative estimate of drug-likeness (QED) is 0.275. The lowest BCUT2D eigenvalue weighted by Crippen LogP contribution is -2.38. The van der Waals surface area contributed by atoms with Crippen LogP contribution in [-0.4, -0.2) is 48.3 Å². The van der Waals surface area contributed by atoms with Crippen LogP contribution in [0.25, 0.3) is 5.70 Å². The molecule has 2 aliphatic rings. The van der Waals surface area contributed by atoms with Crippen LogP contribution >= 0.6 is 23.2 Å². The number of amides is 2. The van der Waals surface area contributed by atoms with Gasteiger partial charge in [-0.15, -0.1) is 0 Å². The van der Waals surface area contributed by atoms with Gasteiger partial charge in [0.05, 0.1) is 29.6 Å². The lowest BCUT2D eigenvalue weighted by Gasteiger charge is -2.27. The van der Waals surface area contributed by atoms with Crippen LogP contribution in [-0.2, 0) is 19.9 Å². The highest BCUT2D eigenvalue weighted by Gasteiger charge is 2.51. The lowest BCUT2D eigenvalue weighted by molar-refractivity contribution is -0.129. The Kier molecular flexibility index (Phi) is 7.75. The first-order chi connectivity index (χ1) is 19.9. The van der Waals surface area contributed by atoms with Crippen LogP contribution in [0, 0.1) is 11.6 Å². The zero-order chi connectivity index (χ0) is 30.5. The van der Waals surface area contributed by atoms with Crippen LogP contribution in [0.5, 0.6) is 0 Å². The fourth-order valence-electron chi connectivity index (χ4n) is 5.04. The van der Waals surface area contributed by atoms with Crippen LogP contribution in [0.4, 0.5) is 20.2 Å². The van der Waals surface area contributed by atoms with Crippen molar-refractivity contribution in [3.05, 3.63) is 86.5 Å². The molecule has 2 aliphatic heterocycles. The molecule has 1 aromatic heterocycles. The number of aliphatic imine (C=N–C) groups is 1. The number of rotatable bonds is 7. The number of aromatic nitrogens is 1. The fraction of sp³-hybridized carbons (Fsp3) is 0.250. The minimum atomic E-state index is -2.38. The summed E-state index contributed by atoms with van der Waals surface area (Å²) >= 11 is 12.0. The Balaban J connectivity index is 1.78. The van der Waals surface area contributed by atoms with Crippen LogP contribution in [0.1, 0.15) is 46.9 Å². The Morgan fingerprint density at radius 1 is 1.19 bits per heavy atom. The van der Waals surface area contributed by atoms with E-state index in [2.05, 4.69) is 20.9 Å². The number of methoxy groups -OCH3 is 2. The molecule has 0 fully saturated rings. The third-order valence-corrected chi connectivity index (χ3v) is 7.43. The number of ether oxygens (including phenoxy) is 2. The average Bonchev–Trinajstić information content (AvgIpc) is 3.47. The molecule has 0 aliphatic carbocycles. The van der Waals surface area contributed by atoms with E-state index in [1.807, 2.05) is 0 Å². The molecule has 2 aromatic carbocycles. The first-order valence-electron chi connectivity index (χ1n) is 12.6. The number of allylic oxidation sites excluding steroid dienone is 1. The fourth-order valence-corrected chi connectivity index (χ4v) is 5.38. The second-order valence-corrected chi connectivity index (χ2v) is 10.7. The summed E-state index contributed by atoms with van der Waals surface area (Å²) in [5.74, 6) is -4.02. The number of nitrogens with one attached hydrogen (secondary N) is 3. The van der Waals surface area contributed by atoms with Crippen molar-refractivity contribution in [2.75, 3.05) is 24.9 Å². The summed E-state index contributed by atoms with van der Waals surface area (Å²) in [6.07, 6.45) is 2.07. The number of carbonyl (C=O) groups excluding carboxylic acids is 2. The number of halogens is 4. The highest BCUT2D eigenvalue weighted by Crippen LogP contribution is 2.47. The van der Waals surface area contributed by atoms with E-state index in [0.717, 1.165) is 6.07 Å². The third-order valence-electron chi connectivity index (χ3n) is 6.91. The summed E-state index contributed by atoms with van der Waals surface area (Å²) in [5, 5.41) is 20.1.